The summed E-state index contributed by atoms with van der Waals surface area (Å²) in [6.07, 6.45) is 10.6. The summed E-state index contributed by atoms with van der Waals surface area (Å²) < 4.78 is 27.9. The van der Waals surface area contributed by atoms with Crippen LogP contribution in [0.5, 0.6) is 0 Å². The molecule has 2 saturated carbocycles. The first kappa shape index (κ1) is 21.3. The van der Waals surface area contributed by atoms with E-state index in [4.69, 9.17) is 0 Å². The number of allylic oxidation sites excluding steroid dienone is 1. The minimum atomic E-state index is -3.51. The number of amides is 1. The van der Waals surface area contributed by atoms with Gasteiger partial charge >= 0.3 is 0 Å². The minimum absolute atomic E-state index is 0. The Bertz CT molecular complexity index is 761. The van der Waals surface area contributed by atoms with Gasteiger partial charge in [0.2, 0.25) is 10.0 Å². The second-order valence-electron chi connectivity index (χ2n) is 10.2. The summed E-state index contributed by atoms with van der Waals surface area (Å²) in [5.74, 6) is 0.512. The second-order valence-corrected chi connectivity index (χ2v) is 12.0. The van der Waals surface area contributed by atoms with Crippen LogP contribution in [0.25, 0.3) is 0 Å². The van der Waals surface area contributed by atoms with Crippen LogP contribution in [0.1, 0.15) is 52.4 Å². The number of carbonyl (C=O) groups excluding carboxylic acids is 1. The van der Waals surface area contributed by atoms with Gasteiger partial charge in [-0.2, -0.15) is 0 Å². The van der Waals surface area contributed by atoms with Crippen molar-refractivity contribution in [1.82, 2.24) is 4.31 Å². The van der Waals surface area contributed by atoms with Gasteiger partial charge in [0.1, 0.15) is 6.04 Å². The number of hydrogen-bond acceptors (Lipinski definition) is 3. The van der Waals surface area contributed by atoms with Crippen LogP contribution < -0.4 is 17.0 Å². The van der Waals surface area contributed by atoms with Gasteiger partial charge in [-0.25, -0.2) is 12.7 Å². The van der Waals surface area contributed by atoms with Crippen LogP contribution in [0.15, 0.2) is 12.2 Å². The van der Waals surface area contributed by atoms with E-state index < -0.39 is 10.0 Å². The topological polar surface area (TPSA) is 54.5 Å². The van der Waals surface area contributed by atoms with E-state index in [1.54, 1.807) is 0 Å². The number of fused-ring (bicyclic) bond motifs is 1. The first-order valence-electron chi connectivity index (χ1n) is 10.1. The lowest BCUT2D eigenvalue weighted by molar-refractivity contribution is -0.901. The summed E-state index contributed by atoms with van der Waals surface area (Å²) in [7, 11) is 0.606. The van der Waals surface area contributed by atoms with E-state index in [1.807, 2.05) is 0 Å². The van der Waals surface area contributed by atoms with Crippen molar-refractivity contribution in [2.75, 3.05) is 26.4 Å². The molecule has 1 saturated heterocycles. The number of hydrogen-bond donors (Lipinski definition) is 0. The maximum absolute atomic E-state index is 13.3. The number of sulfonamides is 1. The van der Waals surface area contributed by atoms with Crippen LogP contribution in [-0.2, 0) is 14.8 Å². The number of rotatable bonds is 3. The van der Waals surface area contributed by atoms with Crippen molar-refractivity contribution >= 4 is 15.9 Å². The molecule has 4 aliphatic rings. The summed E-state index contributed by atoms with van der Waals surface area (Å²) >= 11 is 0. The average molecular weight is 461 g/mol. The van der Waals surface area contributed by atoms with Crippen molar-refractivity contribution in [1.29, 1.82) is 0 Å². The van der Waals surface area contributed by atoms with E-state index in [1.165, 1.54) is 4.31 Å². The Kier molecular flexibility index (Phi) is 5.18. The number of carbonyl (C=O) groups is 1. The van der Waals surface area contributed by atoms with Crippen LogP contribution in [-0.4, -0.2) is 61.6 Å². The molecule has 1 aliphatic heterocycles. The van der Waals surface area contributed by atoms with Gasteiger partial charge in [0, 0.05) is 11.8 Å². The molecule has 1 amide bonds. The molecule has 3 fully saturated rings. The van der Waals surface area contributed by atoms with Crippen molar-refractivity contribution in [3.05, 3.63) is 12.2 Å². The lowest BCUT2D eigenvalue weighted by Gasteiger charge is -2.39. The molecule has 2 bridgehead atoms. The predicted molar refractivity (Wildman–Crippen MR) is 102 cm³/mol. The fraction of sp³-hybridized carbons (Fsp3) is 0.850. The highest BCUT2D eigenvalue weighted by atomic mass is 79.9. The van der Waals surface area contributed by atoms with Crippen molar-refractivity contribution in [2.24, 2.45) is 16.7 Å². The summed E-state index contributed by atoms with van der Waals surface area (Å²) in [5.41, 5.74) is -0.218. The van der Waals surface area contributed by atoms with Crippen LogP contribution >= 0.6 is 0 Å². The second kappa shape index (κ2) is 6.56. The molecule has 154 valence electrons. The van der Waals surface area contributed by atoms with Gasteiger partial charge < -0.3 is 21.5 Å². The smallest absolute Gasteiger partial charge is 0.291 e. The predicted octanol–water partition coefficient (Wildman–Crippen LogP) is -0.458. The molecule has 4 rings (SSSR count). The Morgan fingerprint density at radius 2 is 1.96 bits per heavy atom. The SMILES string of the molecule is CC1(C)[C@H]2CC[C@@]13CS(=O)(=O)N(C(=O)C[N+](C)(C)C1C=CCCC1)[C@H]3C2.[Br-]. The standard InChI is InChI=1S/C20H33N2O3S.BrH/c1-19(2)15-10-11-20(19)14-26(24,25)21(17(20)12-15)18(23)13-22(3,4)16-8-6-5-7-9-16;/h6,8,15-17H,5,7,9-14H2,1-4H3;1H/q+1;/p-1/t15-,16?,17-,20-;/m0./s1. The number of quaternary nitrogens is 1. The van der Waals surface area contributed by atoms with Gasteiger partial charge in [0.05, 0.1) is 25.9 Å². The maximum atomic E-state index is 13.3. The Morgan fingerprint density at radius 1 is 1.26 bits per heavy atom. The Labute approximate surface area is 174 Å². The first-order chi connectivity index (χ1) is 12.0. The zero-order valence-corrected chi connectivity index (χ0v) is 19.4. The average Bonchev–Trinajstić information content (AvgIpc) is 3.02. The molecule has 0 radical (unpaired) electrons. The molecular weight excluding hydrogens is 428 g/mol. The van der Waals surface area contributed by atoms with Crippen LogP contribution in [0.3, 0.4) is 0 Å². The minimum Gasteiger partial charge on any atom is -1.00 e. The van der Waals surface area contributed by atoms with Crippen molar-refractivity contribution < 1.29 is 34.7 Å². The van der Waals surface area contributed by atoms with Crippen molar-refractivity contribution in [3.63, 3.8) is 0 Å². The fourth-order valence-corrected chi connectivity index (χ4v) is 9.07. The lowest BCUT2D eigenvalue weighted by atomic mass is 9.69. The highest BCUT2D eigenvalue weighted by molar-refractivity contribution is 7.90. The monoisotopic (exact) mass is 460 g/mol. The van der Waals surface area contributed by atoms with E-state index in [9.17, 15) is 13.2 Å². The van der Waals surface area contributed by atoms with E-state index in [0.717, 1.165) is 38.5 Å². The largest absolute Gasteiger partial charge is 1.00 e. The third-order valence-corrected chi connectivity index (χ3v) is 10.3. The molecule has 1 unspecified atom stereocenters. The molecule has 27 heavy (non-hydrogen) atoms. The lowest BCUT2D eigenvalue weighted by Crippen LogP contribution is -3.00. The van der Waals surface area contributed by atoms with Gasteiger partial charge in [-0.05, 0) is 49.5 Å². The quantitative estimate of drug-likeness (QED) is 0.423. The van der Waals surface area contributed by atoms with Gasteiger partial charge in [0.15, 0.2) is 6.54 Å². The summed E-state index contributed by atoms with van der Waals surface area (Å²) in [6.45, 7) is 4.70. The third kappa shape index (κ3) is 2.94. The molecule has 0 aromatic rings. The van der Waals surface area contributed by atoms with Crippen LogP contribution in [0, 0.1) is 16.7 Å². The molecule has 0 aromatic heterocycles. The van der Waals surface area contributed by atoms with Gasteiger partial charge in [0.25, 0.3) is 5.91 Å². The molecule has 0 aromatic carbocycles. The first-order valence-corrected chi connectivity index (χ1v) is 11.7. The zero-order chi connectivity index (χ0) is 19.0. The van der Waals surface area contributed by atoms with E-state index in [0.29, 0.717) is 16.4 Å². The number of likely N-dealkylation sites (N-methyl/N-ethyl adjacent to an activating group) is 1. The maximum Gasteiger partial charge on any atom is 0.291 e. The Hall–Kier alpha value is -0.400. The molecule has 7 heteroatoms. The summed E-state index contributed by atoms with van der Waals surface area (Å²) in [6, 6.07) is 0.180. The summed E-state index contributed by atoms with van der Waals surface area (Å²) in [5, 5.41) is 0. The van der Waals surface area contributed by atoms with E-state index in [2.05, 4.69) is 40.1 Å². The molecule has 3 aliphatic carbocycles. The van der Waals surface area contributed by atoms with E-state index in [-0.39, 0.29) is 52.1 Å². The third-order valence-electron chi connectivity index (χ3n) is 8.33. The van der Waals surface area contributed by atoms with Gasteiger partial charge in [-0.1, -0.05) is 19.9 Å². The normalized spacial score (nSPS) is 38.5. The molecule has 1 spiro atoms. The molecule has 0 N–H and O–H groups in total. The number of nitrogens with zero attached hydrogens (tertiary/aromatic N) is 2. The molecular formula is C20H33BrN2O3S. The Balaban J connectivity index is 0.00000210. The summed E-state index contributed by atoms with van der Waals surface area (Å²) in [4.78, 5) is 13.3. The zero-order valence-electron chi connectivity index (χ0n) is 16.9. The van der Waals surface area contributed by atoms with Gasteiger partial charge in [-0.15, -0.1) is 0 Å². The molecule has 5 nitrogen and oxygen atoms in total. The van der Waals surface area contributed by atoms with Crippen molar-refractivity contribution in [2.45, 2.75) is 64.5 Å². The van der Waals surface area contributed by atoms with Crippen LogP contribution in [0.2, 0.25) is 0 Å². The number of halogens is 1. The fourth-order valence-electron chi connectivity index (χ4n) is 6.53. The van der Waals surface area contributed by atoms with Crippen LogP contribution in [0.4, 0.5) is 0 Å². The molecule has 4 atom stereocenters. The Morgan fingerprint density at radius 3 is 2.56 bits per heavy atom. The van der Waals surface area contributed by atoms with Crippen molar-refractivity contribution in [3.8, 4) is 0 Å². The molecule has 1 heterocycles. The highest BCUT2D eigenvalue weighted by Crippen LogP contribution is 2.69. The highest BCUT2D eigenvalue weighted by Gasteiger charge is 2.72. The van der Waals surface area contributed by atoms with E-state index >= 15 is 0 Å². The van der Waals surface area contributed by atoms with Gasteiger partial charge in [-0.3, -0.25) is 4.79 Å².